The van der Waals surface area contributed by atoms with Gasteiger partial charge in [0.05, 0.1) is 12.2 Å². The molecule has 1 atom stereocenters. The number of nitrogen functional groups attached to an aromatic ring is 1. The highest BCUT2D eigenvalue weighted by atomic mass is 35.5. The van der Waals surface area contributed by atoms with Gasteiger partial charge in [0.2, 0.25) is 5.91 Å². The number of esters is 1. The van der Waals surface area contributed by atoms with E-state index in [0.717, 1.165) is 31.2 Å². The molecule has 1 amide bonds. The SMILES string of the molecule is CCOC(=O)c1ccccc1N.Cl.NC[C@H]1CC[C@H](C(=O)NC(Cc2cccc(Oc3ccccc3)c2)C(=O)O)CC1. The third kappa shape index (κ3) is 10.7. The van der Waals surface area contributed by atoms with Gasteiger partial charge in [-0.1, -0.05) is 42.5 Å². The third-order valence-electron chi connectivity index (χ3n) is 6.94. The number of carbonyl (C=O) groups is 3. The van der Waals surface area contributed by atoms with Crippen LogP contribution in [-0.4, -0.2) is 42.1 Å². The molecule has 42 heavy (non-hydrogen) atoms. The van der Waals surface area contributed by atoms with Crippen LogP contribution in [0.1, 0.15) is 48.5 Å². The zero-order valence-corrected chi connectivity index (χ0v) is 24.6. The lowest BCUT2D eigenvalue weighted by Crippen LogP contribution is -2.45. The van der Waals surface area contributed by atoms with E-state index in [9.17, 15) is 19.5 Å². The molecule has 9 nitrogen and oxygen atoms in total. The molecule has 0 radical (unpaired) electrons. The molecule has 0 aliphatic heterocycles. The molecular weight excluding hydrogens is 558 g/mol. The van der Waals surface area contributed by atoms with Gasteiger partial charge in [-0.3, -0.25) is 4.79 Å². The van der Waals surface area contributed by atoms with Crippen molar-refractivity contribution < 1.29 is 29.0 Å². The number of hydrogen-bond acceptors (Lipinski definition) is 7. The molecule has 1 fully saturated rings. The highest BCUT2D eigenvalue weighted by molar-refractivity contribution is 5.94. The quantitative estimate of drug-likeness (QED) is 0.183. The summed E-state index contributed by atoms with van der Waals surface area (Å²) in [5, 5.41) is 12.3. The maximum absolute atomic E-state index is 12.6. The second kappa shape index (κ2) is 17.7. The second-order valence-electron chi connectivity index (χ2n) is 9.93. The Balaban J connectivity index is 0.000000399. The fraction of sp³-hybridized carbons (Fsp3) is 0.344. The minimum Gasteiger partial charge on any atom is -0.480 e. The number of hydrogen-bond donors (Lipinski definition) is 4. The third-order valence-corrected chi connectivity index (χ3v) is 6.94. The maximum Gasteiger partial charge on any atom is 0.340 e. The minimum absolute atomic E-state index is 0. The van der Waals surface area contributed by atoms with Crippen LogP contribution in [0.25, 0.3) is 0 Å². The van der Waals surface area contributed by atoms with Gasteiger partial charge in [0, 0.05) is 18.0 Å². The Labute approximate surface area is 253 Å². The largest absolute Gasteiger partial charge is 0.480 e. The van der Waals surface area contributed by atoms with Gasteiger partial charge in [-0.15, -0.1) is 12.4 Å². The normalized spacial score (nSPS) is 16.4. The molecule has 3 aromatic carbocycles. The molecule has 4 rings (SSSR count). The molecular formula is C32H40ClN3O6. The first-order chi connectivity index (χ1) is 19.8. The molecule has 1 unspecified atom stereocenters. The van der Waals surface area contributed by atoms with Gasteiger partial charge in [-0.2, -0.15) is 0 Å². The Kier molecular flexibility index (Phi) is 14.4. The van der Waals surface area contributed by atoms with E-state index in [1.54, 1.807) is 31.2 Å². The number of nitrogens with two attached hydrogens (primary N) is 2. The van der Waals surface area contributed by atoms with E-state index in [0.29, 0.717) is 41.8 Å². The lowest BCUT2D eigenvalue weighted by Gasteiger charge is -2.27. The van der Waals surface area contributed by atoms with Crippen LogP contribution in [0.5, 0.6) is 11.5 Å². The van der Waals surface area contributed by atoms with Gasteiger partial charge < -0.3 is 31.4 Å². The van der Waals surface area contributed by atoms with E-state index < -0.39 is 12.0 Å². The van der Waals surface area contributed by atoms with Crippen molar-refractivity contribution in [1.82, 2.24) is 5.32 Å². The average molecular weight is 598 g/mol. The van der Waals surface area contributed by atoms with Crippen molar-refractivity contribution >= 4 is 35.9 Å². The summed E-state index contributed by atoms with van der Waals surface area (Å²) in [6.07, 6.45) is 3.57. The average Bonchev–Trinajstić information content (AvgIpc) is 2.98. The zero-order valence-electron chi connectivity index (χ0n) is 23.7. The van der Waals surface area contributed by atoms with Crippen molar-refractivity contribution in [2.75, 3.05) is 18.9 Å². The number of benzene rings is 3. The van der Waals surface area contributed by atoms with Crippen LogP contribution in [-0.2, 0) is 20.7 Å². The van der Waals surface area contributed by atoms with Crippen LogP contribution >= 0.6 is 12.4 Å². The number of carboxylic acid groups (broad SMARTS) is 1. The fourth-order valence-corrected chi connectivity index (χ4v) is 4.64. The van der Waals surface area contributed by atoms with Gasteiger partial charge >= 0.3 is 11.9 Å². The van der Waals surface area contributed by atoms with Crippen LogP contribution in [0.4, 0.5) is 5.69 Å². The number of anilines is 1. The fourth-order valence-electron chi connectivity index (χ4n) is 4.64. The first-order valence-electron chi connectivity index (χ1n) is 13.9. The number of carbonyl (C=O) groups excluding carboxylic acids is 2. The minimum atomic E-state index is -1.04. The van der Waals surface area contributed by atoms with Crippen LogP contribution in [0, 0.1) is 11.8 Å². The van der Waals surface area contributed by atoms with Gasteiger partial charge in [0.15, 0.2) is 0 Å². The lowest BCUT2D eigenvalue weighted by molar-refractivity contribution is -0.142. The van der Waals surface area contributed by atoms with Gasteiger partial charge in [-0.05, 0) is 87.0 Å². The van der Waals surface area contributed by atoms with E-state index in [1.807, 2.05) is 54.6 Å². The molecule has 1 aliphatic carbocycles. The molecule has 0 saturated heterocycles. The number of para-hydroxylation sites is 2. The van der Waals surface area contributed by atoms with Crippen molar-refractivity contribution in [2.24, 2.45) is 17.6 Å². The van der Waals surface area contributed by atoms with Gasteiger partial charge in [0.1, 0.15) is 17.5 Å². The highest BCUT2D eigenvalue weighted by Gasteiger charge is 2.29. The summed E-state index contributed by atoms with van der Waals surface area (Å²) in [6, 6.07) is 22.6. The van der Waals surface area contributed by atoms with Gasteiger partial charge in [0.25, 0.3) is 0 Å². The Morgan fingerprint density at radius 2 is 1.57 bits per heavy atom. The standard InChI is InChI=1S/C23H28N2O4.C9H11NO2.ClH/c24-15-16-9-11-18(12-10-16)22(26)25-21(23(27)28)14-17-5-4-8-20(13-17)29-19-6-2-1-3-7-19;1-2-12-9(11)7-5-3-4-6-8(7)10;/h1-8,13,16,18,21H,9-12,14-15,24H2,(H,25,26)(H,27,28);3-6H,2,10H2,1H3;1H/t16-,18-,21?;;. The molecule has 0 spiro atoms. The molecule has 0 heterocycles. The smallest absolute Gasteiger partial charge is 0.340 e. The first kappa shape index (κ1) is 34.1. The molecule has 226 valence electrons. The van der Waals surface area contributed by atoms with E-state index in [2.05, 4.69) is 5.32 Å². The van der Waals surface area contributed by atoms with Crippen LogP contribution in [0.2, 0.25) is 0 Å². The Morgan fingerprint density at radius 3 is 2.19 bits per heavy atom. The summed E-state index contributed by atoms with van der Waals surface area (Å²) < 4.78 is 10.6. The van der Waals surface area contributed by atoms with E-state index in [-0.39, 0.29) is 36.6 Å². The van der Waals surface area contributed by atoms with E-state index >= 15 is 0 Å². The Bertz CT molecular complexity index is 1280. The summed E-state index contributed by atoms with van der Waals surface area (Å²) in [4.78, 5) is 35.5. The van der Waals surface area contributed by atoms with E-state index in [4.69, 9.17) is 20.9 Å². The molecule has 0 bridgehead atoms. The predicted molar refractivity (Wildman–Crippen MR) is 165 cm³/mol. The van der Waals surface area contributed by atoms with Crippen molar-refractivity contribution in [3.05, 3.63) is 90.0 Å². The Hall–Kier alpha value is -4.08. The second-order valence-corrected chi connectivity index (χ2v) is 9.93. The van der Waals surface area contributed by atoms with Crippen molar-refractivity contribution in [1.29, 1.82) is 0 Å². The number of amides is 1. The highest BCUT2D eigenvalue weighted by Crippen LogP contribution is 2.28. The van der Waals surface area contributed by atoms with Crippen molar-refractivity contribution in [2.45, 2.75) is 45.1 Å². The molecule has 1 aliphatic rings. The number of nitrogens with one attached hydrogen (secondary N) is 1. The Morgan fingerprint density at radius 1 is 0.929 bits per heavy atom. The first-order valence-corrected chi connectivity index (χ1v) is 13.9. The molecule has 0 aromatic heterocycles. The number of carboxylic acids is 1. The van der Waals surface area contributed by atoms with E-state index in [1.165, 1.54) is 0 Å². The summed E-state index contributed by atoms with van der Waals surface area (Å²) >= 11 is 0. The zero-order chi connectivity index (χ0) is 29.6. The summed E-state index contributed by atoms with van der Waals surface area (Å²) in [7, 11) is 0. The van der Waals surface area contributed by atoms with Crippen LogP contribution in [0.3, 0.4) is 0 Å². The molecule has 3 aromatic rings. The van der Waals surface area contributed by atoms with Gasteiger partial charge in [-0.25, -0.2) is 9.59 Å². The molecule has 1 saturated carbocycles. The number of ether oxygens (including phenoxy) is 2. The monoisotopic (exact) mass is 597 g/mol. The molecule has 6 N–H and O–H groups in total. The van der Waals surface area contributed by atoms with Crippen LogP contribution in [0.15, 0.2) is 78.9 Å². The number of halogens is 1. The van der Waals surface area contributed by atoms with Crippen molar-refractivity contribution in [3.8, 4) is 11.5 Å². The lowest BCUT2D eigenvalue weighted by atomic mass is 9.81. The number of rotatable bonds is 10. The molecule has 10 heteroatoms. The van der Waals surface area contributed by atoms with Crippen LogP contribution < -0.4 is 21.5 Å². The van der Waals surface area contributed by atoms with Crippen molar-refractivity contribution in [3.63, 3.8) is 0 Å². The summed E-state index contributed by atoms with van der Waals surface area (Å²) in [5.41, 5.74) is 12.9. The summed E-state index contributed by atoms with van der Waals surface area (Å²) in [5.74, 6) is 0.0997. The predicted octanol–water partition coefficient (Wildman–Crippen LogP) is 5.22. The topological polar surface area (TPSA) is 154 Å². The maximum atomic E-state index is 12.6. The number of aliphatic carboxylic acids is 1. The summed E-state index contributed by atoms with van der Waals surface area (Å²) in [6.45, 7) is 2.78.